The maximum atomic E-state index is 12.2. The van der Waals surface area contributed by atoms with E-state index in [0.717, 1.165) is 5.56 Å². The van der Waals surface area contributed by atoms with Crippen molar-refractivity contribution in [2.75, 3.05) is 7.05 Å². The highest BCUT2D eigenvalue weighted by atomic mass is 32.2. The molecule has 0 radical (unpaired) electrons. The van der Waals surface area contributed by atoms with Crippen molar-refractivity contribution in [2.45, 2.75) is 25.1 Å². The van der Waals surface area contributed by atoms with Crippen LogP contribution in [-0.4, -0.2) is 30.0 Å². The molecule has 0 aliphatic heterocycles. The maximum Gasteiger partial charge on any atom is 0.223 e. The molecule has 7 heteroatoms. The second kappa shape index (κ2) is 5.61. The zero-order chi connectivity index (χ0) is 13.1. The lowest BCUT2D eigenvalue weighted by Gasteiger charge is -2.22. The van der Waals surface area contributed by atoms with Gasteiger partial charge in [0.05, 0.1) is 17.5 Å². The molecule has 17 heavy (non-hydrogen) atoms. The van der Waals surface area contributed by atoms with Gasteiger partial charge in [0.2, 0.25) is 10.0 Å². The molecular weight excluding hydrogens is 260 g/mol. The summed E-state index contributed by atoms with van der Waals surface area (Å²) in [5, 5.41) is -0.811. The molecule has 0 spiro atoms. The number of rotatable bonds is 6. The van der Waals surface area contributed by atoms with Gasteiger partial charge in [0.25, 0.3) is 0 Å². The summed E-state index contributed by atoms with van der Waals surface area (Å²) in [6, 6.07) is 1.72. The van der Waals surface area contributed by atoms with E-state index < -0.39 is 15.3 Å². The number of nitrogens with two attached hydrogens (primary N) is 1. The molecule has 0 aromatic carbocycles. The second-order valence-electron chi connectivity index (χ2n) is 3.73. The van der Waals surface area contributed by atoms with Crippen LogP contribution in [0.1, 0.15) is 18.9 Å². The average molecular weight is 276 g/mol. The smallest absolute Gasteiger partial charge is 0.223 e. The number of nitrogens with zero attached hydrogens (tertiary/aromatic N) is 1. The lowest BCUT2D eigenvalue weighted by atomic mass is 10.3. The Kier molecular flexibility index (Phi) is 4.67. The zero-order valence-corrected chi connectivity index (χ0v) is 11.4. The van der Waals surface area contributed by atoms with Crippen molar-refractivity contribution in [3.8, 4) is 0 Å². The molecule has 0 amide bonds. The summed E-state index contributed by atoms with van der Waals surface area (Å²) in [6.45, 7) is 1.99. The van der Waals surface area contributed by atoms with E-state index in [2.05, 4.69) is 0 Å². The molecule has 0 aliphatic carbocycles. The molecule has 2 N–H and O–H groups in total. The maximum absolute atomic E-state index is 12.2. The lowest BCUT2D eigenvalue weighted by molar-refractivity contribution is 0.458. The molecule has 96 valence electrons. The number of sulfonamides is 1. The van der Waals surface area contributed by atoms with Crippen LogP contribution in [0.25, 0.3) is 0 Å². The largest absolute Gasteiger partial charge is 0.472 e. The highest BCUT2D eigenvalue weighted by Gasteiger charge is 2.30. The van der Waals surface area contributed by atoms with Gasteiger partial charge in [-0.05, 0) is 12.5 Å². The summed E-state index contributed by atoms with van der Waals surface area (Å²) in [7, 11) is -2.00. The van der Waals surface area contributed by atoms with E-state index in [1.807, 2.05) is 0 Å². The van der Waals surface area contributed by atoms with Gasteiger partial charge >= 0.3 is 0 Å². The number of hydrogen-bond acceptors (Lipinski definition) is 4. The van der Waals surface area contributed by atoms with Crippen LogP contribution in [0.4, 0.5) is 0 Å². The van der Waals surface area contributed by atoms with Crippen LogP contribution in [-0.2, 0) is 16.6 Å². The predicted octanol–water partition coefficient (Wildman–Crippen LogP) is 1.11. The van der Waals surface area contributed by atoms with Crippen LogP contribution >= 0.6 is 12.2 Å². The molecule has 1 aromatic rings. The second-order valence-corrected chi connectivity index (χ2v) is 6.43. The molecule has 1 heterocycles. The Bertz CT molecular complexity index is 468. The Balaban J connectivity index is 2.86. The first-order valence-corrected chi connectivity index (χ1v) is 7.06. The van der Waals surface area contributed by atoms with Gasteiger partial charge in [0, 0.05) is 19.2 Å². The molecule has 0 fully saturated rings. The van der Waals surface area contributed by atoms with Gasteiger partial charge in [-0.3, -0.25) is 0 Å². The summed E-state index contributed by atoms with van der Waals surface area (Å²) in [4.78, 5) is 0.00606. The van der Waals surface area contributed by atoms with Crippen molar-refractivity contribution in [3.63, 3.8) is 0 Å². The van der Waals surface area contributed by atoms with Crippen molar-refractivity contribution < 1.29 is 12.8 Å². The summed E-state index contributed by atoms with van der Waals surface area (Å²) < 4.78 is 30.4. The van der Waals surface area contributed by atoms with Crippen LogP contribution in [0.5, 0.6) is 0 Å². The van der Waals surface area contributed by atoms with Gasteiger partial charge in [-0.15, -0.1) is 0 Å². The number of thiocarbonyl (C=S) groups is 1. The van der Waals surface area contributed by atoms with Crippen LogP contribution in [0.3, 0.4) is 0 Å². The van der Waals surface area contributed by atoms with E-state index in [-0.39, 0.29) is 11.5 Å². The Morgan fingerprint density at radius 2 is 2.29 bits per heavy atom. The molecule has 1 aromatic heterocycles. The van der Waals surface area contributed by atoms with E-state index in [0.29, 0.717) is 6.42 Å². The Morgan fingerprint density at radius 3 is 2.71 bits per heavy atom. The van der Waals surface area contributed by atoms with Gasteiger partial charge < -0.3 is 10.2 Å². The molecule has 0 saturated heterocycles. The highest BCUT2D eigenvalue weighted by molar-refractivity contribution is 7.92. The molecule has 1 unspecified atom stereocenters. The number of hydrogen-bond donors (Lipinski definition) is 1. The Labute approximate surface area is 107 Å². The first-order valence-electron chi connectivity index (χ1n) is 5.15. The highest BCUT2D eigenvalue weighted by Crippen LogP contribution is 2.14. The van der Waals surface area contributed by atoms with Crippen molar-refractivity contribution in [2.24, 2.45) is 5.73 Å². The quantitative estimate of drug-likeness (QED) is 0.788. The monoisotopic (exact) mass is 276 g/mol. The van der Waals surface area contributed by atoms with Gasteiger partial charge in [-0.2, -0.15) is 4.31 Å². The van der Waals surface area contributed by atoms with Crippen molar-refractivity contribution >= 4 is 27.2 Å². The first-order chi connectivity index (χ1) is 7.89. The van der Waals surface area contributed by atoms with Gasteiger partial charge in [0.1, 0.15) is 5.25 Å². The molecular formula is C10H16N2O3S2. The minimum Gasteiger partial charge on any atom is -0.472 e. The predicted molar refractivity (Wildman–Crippen MR) is 70.0 cm³/mol. The molecule has 1 atom stereocenters. The lowest BCUT2D eigenvalue weighted by Crippen LogP contribution is -2.42. The molecule has 0 saturated carbocycles. The third-order valence-electron chi connectivity index (χ3n) is 2.47. The van der Waals surface area contributed by atoms with E-state index in [9.17, 15) is 8.42 Å². The third kappa shape index (κ3) is 3.27. The molecule has 5 nitrogen and oxygen atoms in total. The molecule has 1 rings (SSSR count). The van der Waals surface area contributed by atoms with Crippen LogP contribution in [0.2, 0.25) is 0 Å². The Morgan fingerprint density at radius 1 is 1.65 bits per heavy atom. The van der Waals surface area contributed by atoms with Gasteiger partial charge in [0.15, 0.2) is 0 Å². The Hall–Kier alpha value is -0.920. The van der Waals surface area contributed by atoms with Gasteiger partial charge in [-0.25, -0.2) is 8.42 Å². The summed E-state index contributed by atoms with van der Waals surface area (Å²) in [5.41, 5.74) is 6.24. The van der Waals surface area contributed by atoms with Crippen LogP contribution in [0.15, 0.2) is 23.0 Å². The summed E-state index contributed by atoms with van der Waals surface area (Å²) >= 11 is 4.78. The standard InChI is InChI=1S/C10H16N2O3S2/c1-3-9(10(11)16)17(13,14)12(2)6-8-4-5-15-7-8/h4-5,7,9H,3,6H2,1-2H3,(H2,11,16). The summed E-state index contributed by atoms with van der Waals surface area (Å²) in [6.07, 6.45) is 3.38. The topological polar surface area (TPSA) is 76.5 Å². The van der Waals surface area contributed by atoms with Crippen molar-refractivity contribution in [1.29, 1.82) is 0 Å². The number of furan rings is 1. The van der Waals surface area contributed by atoms with Crippen LogP contribution in [0, 0.1) is 0 Å². The average Bonchev–Trinajstić information content (AvgIpc) is 2.70. The van der Waals surface area contributed by atoms with E-state index in [4.69, 9.17) is 22.4 Å². The first kappa shape index (κ1) is 14.1. The third-order valence-corrected chi connectivity index (χ3v) is 5.21. The summed E-state index contributed by atoms with van der Waals surface area (Å²) in [5.74, 6) is 0. The molecule has 0 bridgehead atoms. The van der Waals surface area contributed by atoms with Gasteiger partial charge in [-0.1, -0.05) is 19.1 Å². The fourth-order valence-electron chi connectivity index (χ4n) is 1.51. The minimum absolute atomic E-state index is 0.00606. The fraction of sp³-hybridized carbons (Fsp3) is 0.500. The van der Waals surface area contributed by atoms with Crippen LogP contribution < -0.4 is 5.73 Å². The molecule has 0 aliphatic rings. The zero-order valence-electron chi connectivity index (χ0n) is 9.79. The van der Waals surface area contributed by atoms with E-state index in [1.165, 1.54) is 23.9 Å². The van der Waals surface area contributed by atoms with Crippen molar-refractivity contribution in [3.05, 3.63) is 24.2 Å². The van der Waals surface area contributed by atoms with E-state index in [1.54, 1.807) is 13.0 Å². The minimum atomic E-state index is -3.50. The SMILES string of the molecule is CCC(C(N)=S)S(=O)(=O)N(C)Cc1ccoc1. The van der Waals surface area contributed by atoms with E-state index >= 15 is 0 Å². The fourth-order valence-corrected chi connectivity index (χ4v) is 3.52. The van der Waals surface area contributed by atoms with Crippen molar-refractivity contribution in [1.82, 2.24) is 4.31 Å². The normalized spacial score (nSPS) is 13.8.